The van der Waals surface area contributed by atoms with Gasteiger partial charge in [-0.15, -0.1) is 0 Å². The lowest BCUT2D eigenvalue weighted by Crippen LogP contribution is -2.47. The molecule has 1 heterocycles. The van der Waals surface area contributed by atoms with Crippen molar-refractivity contribution in [1.82, 2.24) is 0 Å². The third-order valence-electron chi connectivity index (χ3n) is 5.39. The lowest BCUT2D eigenvalue weighted by molar-refractivity contribution is -0.493. The molecule has 26 heavy (non-hydrogen) atoms. The Morgan fingerprint density at radius 3 is 2.27 bits per heavy atom. The SMILES string of the molecule is C[C@H](c1ccc(Oc2ccccc2)cc1)C1COC2(CCCCC2)OO1. The maximum atomic E-state index is 6.09. The normalized spacial score (nSPS) is 23.5. The highest BCUT2D eigenvalue weighted by Gasteiger charge is 2.41. The summed E-state index contributed by atoms with van der Waals surface area (Å²) in [5.41, 5.74) is 1.18. The van der Waals surface area contributed by atoms with E-state index < -0.39 is 5.79 Å². The molecular formula is C22H26O4. The molecule has 2 aromatic carbocycles. The molecule has 0 amide bonds. The van der Waals surface area contributed by atoms with E-state index in [4.69, 9.17) is 19.2 Å². The zero-order valence-corrected chi connectivity index (χ0v) is 15.2. The van der Waals surface area contributed by atoms with Gasteiger partial charge in [-0.25, -0.2) is 9.78 Å². The molecule has 1 saturated heterocycles. The first kappa shape index (κ1) is 17.5. The zero-order chi connectivity index (χ0) is 17.8. The van der Waals surface area contributed by atoms with E-state index in [-0.39, 0.29) is 12.0 Å². The number of hydrogen-bond acceptors (Lipinski definition) is 4. The van der Waals surface area contributed by atoms with Crippen molar-refractivity contribution in [3.63, 3.8) is 0 Å². The van der Waals surface area contributed by atoms with E-state index in [0.29, 0.717) is 6.61 Å². The molecule has 2 fully saturated rings. The number of ether oxygens (including phenoxy) is 2. The molecule has 2 aromatic rings. The molecule has 1 spiro atoms. The average molecular weight is 354 g/mol. The quantitative estimate of drug-likeness (QED) is 0.671. The third-order valence-corrected chi connectivity index (χ3v) is 5.39. The Morgan fingerprint density at radius 1 is 0.923 bits per heavy atom. The first-order chi connectivity index (χ1) is 12.7. The van der Waals surface area contributed by atoms with Gasteiger partial charge < -0.3 is 9.47 Å². The minimum atomic E-state index is -0.498. The minimum Gasteiger partial charge on any atom is -0.457 e. The van der Waals surface area contributed by atoms with Gasteiger partial charge in [0.25, 0.3) is 0 Å². The summed E-state index contributed by atoms with van der Waals surface area (Å²) >= 11 is 0. The second-order valence-corrected chi connectivity index (χ2v) is 7.27. The van der Waals surface area contributed by atoms with Crippen LogP contribution in [0.4, 0.5) is 0 Å². The molecule has 2 atom stereocenters. The molecule has 4 rings (SSSR count). The molecular weight excluding hydrogens is 328 g/mol. The predicted octanol–water partition coefficient (Wildman–Crippen LogP) is 5.59. The Kier molecular flexibility index (Phi) is 5.25. The molecule has 1 unspecified atom stereocenters. The molecule has 0 N–H and O–H groups in total. The van der Waals surface area contributed by atoms with Crippen LogP contribution in [0.25, 0.3) is 0 Å². The van der Waals surface area contributed by atoms with Crippen LogP contribution < -0.4 is 4.74 Å². The van der Waals surface area contributed by atoms with Gasteiger partial charge in [0.15, 0.2) is 0 Å². The van der Waals surface area contributed by atoms with Crippen molar-refractivity contribution in [2.24, 2.45) is 0 Å². The van der Waals surface area contributed by atoms with Crippen LogP contribution in [0.5, 0.6) is 11.5 Å². The summed E-state index contributed by atoms with van der Waals surface area (Å²) < 4.78 is 11.9. The van der Waals surface area contributed by atoms with Gasteiger partial charge in [-0.1, -0.05) is 43.7 Å². The Hall–Kier alpha value is -1.88. The van der Waals surface area contributed by atoms with Crippen molar-refractivity contribution < 1.29 is 19.2 Å². The average Bonchev–Trinajstić information content (AvgIpc) is 2.70. The predicted molar refractivity (Wildman–Crippen MR) is 99.1 cm³/mol. The van der Waals surface area contributed by atoms with E-state index in [1.54, 1.807) is 0 Å². The third kappa shape index (κ3) is 3.93. The Balaban J connectivity index is 1.35. The molecule has 0 radical (unpaired) electrons. The number of rotatable bonds is 4. The molecule has 1 saturated carbocycles. The van der Waals surface area contributed by atoms with Crippen LogP contribution >= 0.6 is 0 Å². The van der Waals surface area contributed by atoms with Crippen molar-refractivity contribution in [3.8, 4) is 11.5 Å². The summed E-state index contributed by atoms with van der Waals surface area (Å²) in [5, 5.41) is 0. The summed E-state index contributed by atoms with van der Waals surface area (Å²) in [5.74, 6) is 1.34. The summed E-state index contributed by atoms with van der Waals surface area (Å²) in [6.07, 6.45) is 5.31. The van der Waals surface area contributed by atoms with Gasteiger partial charge in [0, 0.05) is 18.8 Å². The van der Waals surface area contributed by atoms with Crippen molar-refractivity contribution in [2.75, 3.05) is 6.61 Å². The number of hydrogen-bond donors (Lipinski definition) is 0. The van der Waals surface area contributed by atoms with Crippen LogP contribution in [-0.2, 0) is 14.5 Å². The molecule has 2 aliphatic rings. The van der Waals surface area contributed by atoms with E-state index >= 15 is 0 Å². The molecule has 138 valence electrons. The first-order valence-corrected chi connectivity index (χ1v) is 9.55. The lowest BCUT2D eigenvalue weighted by atomic mass is 9.92. The lowest BCUT2D eigenvalue weighted by Gasteiger charge is -2.42. The largest absolute Gasteiger partial charge is 0.457 e. The highest BCUT2D eigenvalue weighted by atomic mass is 17.2. The van der Waals surface area contributed by atoms with Crippen LogP contribution in [0.1, 0.15) is 50.5 Å². The van der Waals surface area contributed by atoms with Crippen molar-refractivity contribution in [2.45, 2.75) is 56.8 Å². The Morgan fingerprint density at radius 2 is 1.62 bits per heavy atom. The fourth-order valence-corrected chi connectivity index (χ4v) is 3.66. The standard InChI is InChI=1S/C22H26O4/c1-17(21-16-23-22(26-25-21)14-6-3-7-15-22)18-10-12-20(13-11-18)24-19-8-4-2-5-9-19/h2,4-5,8-13,17,21H,3,6-7,14-16H2,1H3/t17-,21?/m1/s1. The van der Waals surface area contributed by atoms with Gasteiger partial charge in [0.2, 0.25) is 5.79 Å². The van der Waals surface area contributed by atoms with E-state index in [9.17, 15) is 0 Å². The monoisotopic (exact) mass is 354 g/mol. The maximum absolute atomic E-state index is 6.09. The molecule has 4 heteroatoms. The molecule has 1 aliphatic carbocycles. The second-order valence-electron chi connectivity index (χ2n) is 7.27. The highest BCUT2D eigenvalue weighted by molar-refractivity contribution is 5.34. The minimum absolute atomic E-state index is 0.0940. The van der Waals surface area contributed by atoms with Crippen LogP contribution in [-0.4, -0.2) is 18.5 Å². The van der Waals surface area contributed by atoms with Crippen molar-refractivity contribution >= 4 is 0 Å². The molecule has 0 aromatic heterocycles. The van der Waals surface area contributed by atoms with Gasteiger partial charge in [-0.2, -0.15) is 0 Å². The fraction of sp³-hybridized carbons (Fsp3) is 0.455. The summed E-state index contributed by atoms with van der Waals surface area (Å²) in [7, 11) is 0. The summed E-state index contributed by atoms with van der Waals surface area (Å²) in [4.78, 5) is 11.5. The molecule has 1 aliphatic heterocycles. The summed E-state index contributed by atoms with van der Waals surface area (Å²) in [6.45, 7) is 2.72. The summed E-state index contributed by atoms with van der Waals surface area (Å²) in [6, 6.07) is 17.9. The number of benzene rings is 2. The van der Waals surface area contributed by atoms with Gasteiger partial charge in [0.05, 0.1) is 6.61 Å². The van der Waals surface area contributed by atoms with E-state index in [1.165, 1.54) is 12.0 Å². The Labute approximate surface area is 155 Å². The van der Waals surface area contributed by atoms with Gasteiger partial charge >= 0.3 is 0 Å². The smallest absolute Gasteiger partial charge is 0.201 e. The molecule has 0 bridgehead atoms. The topological polar surface area (TPSA) is 36.9 Å². The van der Waals surface area contributed by atoms with Crippen molar-refractivity contribution in [3.05, 3.63) is 60.2 Å². The first-order valence-electron chi connectivity index (χ1n) is 9.55. The zero-order valence-electron chi connectivity index (χ0n) is 15.2. The van der Waals surface area contributed by atoms with E-state index in [1.807, 2.05) is 42.5 Å². The highest BCUT2D eigenvalue weighted by Crippen LogP contribution is 2.38. The van der Waals surface area contributed by atoms with E-state index in [0.717, 1.165) is 37.2 Å². The van der Waals surface area contributed by atoms with Crippen molar-refractivity contribution in [1.29, 1.82) is 0 Å². The second kappa shape index (κ2) is 7.78. The van der Waals surface area contributed by atoms with Gasteiger partial charge in [0.1, 0.15) is 17.6 Å². The van der Waals surface area contributed by atoms with Gasteiger partial charge in [-0.3, -0.25) is 0 Å². The van der Waals surface area contributed by atoms with E-state index in [2.05, 4.69) is 19.1 Å². The van der Waals surface area contributed by atoms with Crippen LogP contribution in [0.2, 0.25) is 0 Å². The maximum Gasteiger partial charge on any atom is 0.201 e. The van der Waals surface area contributed by atoms with Crippen LogP contribution in [0, 0.1) is 0 Å². The van der Waals surface area contributed by atoms with Gasteiger partial charge in [-0.05, 0) is 42.7 Å². The van der Waals surface area contributed by atoms with Crippen LogP contribution in [0.15, 0.2) is 54.6 Å². The Bertz CT molecular complexity index is 682. The molecule has 4 nitrogen and oxygen atoms in total. The van der Waals surface area contributed by atoms with Crippen LogP contribution in [0.3, 0.4) is 0 Å². The number of para-hydroxylation sites is 1. The fourth-order valence-electron chi connectivity index (χ4n) is 3.66.